The molecule has 0 atom stereocenters. The largest absolute Gasteiger partial charge is 0.330 e. The van der Waals surface area contributed by atoms with Crippen LogP contribution in [0.3, 0.4) is 0 Å². The number of amides is 1. The summed E-state index contributed by atoms with van der Waals surface area (Å²) in [6.07, 6.45) is 2.88. The molecule has 1 heterocycles. The minimum absolute atomic E-state index is 0.00782. The Bertz CT molecular complexity index is 312. The normalized spacial score (nSPS) is 9.86. The van der Waals surface area contributed by atoms with Crippen LogP contribution >= 0.6 is 0 Å². The average molecular weight is 193 g/mol. The number of pyridine rings is 1. The van der Waals surface area contributed by atoms with Crippen LogP contribution in [0.5, 0.6) is 0 Å². The number of rotatable bonds is 4. The molecule has 3 N–H and O–H groups in total. The SMILES string of the molecule is Cc1ncccc1NC(=O)CCCN. The number of aryl methyl sites for hydroxylation is 1. The van der Waals surface area contributed by atoms with Gasteiger partial charge in [0.1, 0.15) is 0 Å². The Kier molecular flexibility index (Phi) is 4.07. The summed E-state index contributed by atoms with van der Waals surface area (Å²) >= 11 is 0. The van der Waals surface area contributed by atoms with E-state index < -0.39 is 0 Å². The lowest BCUT2D eigenvalue weighted by Crippen LogP contribution is -2.14. The van der Waals surface area contributed by atoms with Crippen LogP contribution in [0.1, 0.15) is 18.5 Å². The number of anilines is 1. The Balaban J connectivity index is 2.52. The highest BCUT2D eigenvalue weighted by Gasteiger charge is 2.03. The van der Waals surface area contributed by atoms with Crippen molar-refractivity contribution in [1.29, 1.82) is 0 Å². The number of hydrogen-bond acceptors (Lipinski definition) is 3. The molecule has 1 amide bonds. The molecule has 1 aromatic rings. The third-order valence-corrected chi connectivity index (χ3v) is 1.89. The summed E-state index contributed by atoms with van der Waals surface area (Å²) in [5.41, 5.74) is 6.91. The smallest absolute Gasteiger partial charge is 0.224 e. The Morgan fingerprint density at radius 1 is 1.64 bits per heavy atom. The van der Waals surface area contributed by atoms with Crippen LogP contribution in [0.15, 0.2) is 18.3 Å². The summed E-state index contributed by atoms with van der Waals surface area (Å²) in [7, 11) is 0. The van der Waals surface area contributed by atoms with Gasteiger partial charge in [0.05, 0.1) is 11.4 Å². The van der Waals surface area contributed by atoms with Gasteiger partial charge >= 0.3 is 0 Å². The second-order valence-electron chi connectivity index (χ2n) is 3.08. The number of nitrogens with zero attached hydrogens (tertiary/aromatic N) is 1. The topological polar surface area (TPSA) is 68.0 Å². The summed E-state index contributed by atoms with van der Waals surface area (Å²) in [4.78, 5) is 15.4. The van der Waals surface area contributed by atoms with E-state index in [2.05, 4.69) is 10.3 Å². The quantitative estimate of drug-likeness (QED) is 0.751. The number of carbonyl (C=O) groups excluding carboxylic acids is 1. The predicted octanol–water partition coefficient (Wildman–Crippen LogP) is 1.07. The van der Waals surface area contributed by atoms with Crippen LogP contribution in [-0.4, -0.2) is 17.4 Å². The molecule has 0 radical (unpaired) electrons. The van der Waals surface area contributed by atoms with Crippen molar-refractivity contribution in [1.82, 2.24) is 4.98 Å². The van der Waals surface area contributed by atoms with Crippen molar-refractivity contribution in [3.63, 3.8) is 0 Å². The molecule has 0 saturated carbocycles. The molecule has 0 aliphatic rings. The van der Waals surface area contributed by atoms with Crippen molar-refractivity contribution in [2.75, 3.05) is 11.9 Å². The van der Waals surface area contributed by atoms with E-state index in [0.717, 1.165) is 11.4 Å². The van der Waals surface area contributed by atoms with Gasteiger partial charge in [0, 0.05) is 12.6 Å². The van der Waals surface area contributed by atoms with Gasteiger partial charge in [0.2, 0.25) is 5.91 Å². The molecule has 0 aliphatic carbocycles. The van der Waals surface area contributed by atoms with Gasteiger partial charge < -0.3 is 11.1 Å². The van der Waals surface area contributed by atoms with Gasteiger partial charge in [-0.2, -0.15) is 0 Å². The third-order valence-electron chi connectivity index (χ3n) is 1.89. The van der Waals surface area contributed by atoms with Crippen LogP contribution in [0.2, 0.25) is 0 Å². The molecular weight excluding hydrogens is 178 g/mol. The molecular formula is C10H15N3O. The second-order valence-corrected chi connectivity index (χ2v) is 3.08. The molecule has 0 aliphatic heterocycles. The molecule has 0 bridgehead atoms. The van der Waals surface area contributed by atoms with Crippen LogP contribution in [0, 0.1) is 6.92 Å². The van der Waals surface area contributed by atoms with E-state index in [0.29, 0.717) is 19.4 Å². The number of nitrogens with one attached hydrogen (secondary N) is 1. The van der Waals surface area contributed by atoms with Gasteiger partial charge in [-0.05, 0) is 32.0 Å². The highest BCUT2D eigenvalue weighted by atomic mass is 16.1. The van der Waals surface area contributed by atoms with Gasteiger partial charge in [0.25, 0.3) is 0 Å². The molecule has 14 heavy (non-hydrogen) atoms. The van der Waals surface area contributed by atoms with Crippen molar-refractivity contribution in [2.45, 2.75) is 19.8 Å². The molecule has 0 spiro atoms. The first-order valence-corrected chi connectivity index (χ1v) is 4.65. The summed E-state index contributed by atoms with van der Waals surface area (Å²) < 4.78 is 0. The molecule has 0 unspecified atom stereocenters. The summed E-state index contributed by atoms with van der Waals surface area (Å²) in [5, 5.41) is 2.79. The fourth-order valence-corrected chi connectivity index (χ4v) is 1.09. The maximum atomic E-state index is 11.3. The Morgan fingerprint density at radius 3 is 3.07 bits per heavy atom. The van der Waals surface area contributed by atoms with E-state index in [1.807, 2.05) is 13.0 Å². The van der Waals surface area contributed by atoms with Crippen molar-refractivity contribution >= 4 is 11.6 Å². The maximum Gasteiger partial charge on any atom is 0.224 e. The Hall–Kier alpha value is -1.42. The molecule has 1 aromatic heterocycles. The fourth-order valence-electron chi connectivity index (χ4n) is 1.09. The van der Waals surface area contributed by atoms with Gasteiger partial charge in [0.15, 0.2) is 0 Å². The van der Waals surface area contributed by atoms with E-state index in [9.17, 15) is 4.79 Å². The molecule has 4 heteroatoms. The zero-order valence-corrected chi connectivity index (χ0v) is 8.29. The monoisotopic (exact) mass is 193 g/mol. The van der Waals surface area contributed by atoms with Crippen molar-refractivity contribution in [2.24, 2.45) is 5.73 Å². The molecule has 4 nitrogen and oxygen atoms in total. The van der Waals surface area contributed by atoms with E-state index in [1.165, 1.54) is 0 Å². The lowest BCUT2D eigenvalue weighted by Gasteiger charge is -2.06. The number of nitrogens with two attached hydrogens (primary N) is 1. The molecule has 0 aromatic carbocycles. The lowest BCUT2D eigenvalue weighted by atomic mass is 10.2. The number of hydrogen-bond donors (Lipinski definition) is 2. The van der Waals surface area contributed by atoms with Gasteiger partial charge in [-0.1, -0.05) is 0 Å². The number of aromatic nitrogens is 1. The van der Waals surface area contributed by atoms with Crippen molar-refractivity contribution < 1.29 is 4.79 Å². The first kappa shape index (κ1) is 10.7. The Morgan fingerprint density at radius 2 is 2.43 bits per heavy atom. The first-order chi connectivity index (χ1) is 6.74. The lowest BCUT2D eigenvalue weighted by molar-refractivity contribution is -0.116. The average Bonchev–Trinajstić information content (AvgIpc) is 2.18. The highest BCUT2D eigenvalue weighted by Crippen LogP contribution is 2.10. The van der Waals surface area contributed by atoms with Crippen LogP contribution < -0.4 is 11.1 Å². The van der Waals surface area contributed by atoms with E-state index in [1.54, 1.807) is 12.3 Å². The fraction of sp³-hybridized carbons (Fsp3) is 0.400. The van der Waals surface area contributed by atoms with Gasteiger partial charge in [-0.3, -0.25) is 9.78 Å². The van der Waals surface area contributed by atoms with E-state index >= 15 is 0 Å². The van der Waals surface area contributed by atoms with Crippen molar-refractivity contribution in [3.05, 3.63) is 24.0 Å². The van der Waals surface area contributed by atoms with Crippen LogP contribution in [0.4, 0.5) is 5.69 Å². The molecule has 0 fully saturated rings. The Labute approximate surface area is 83.5 Å². The maximum absolute atomic E-state index is 11.3. The third kappa shape index (κ3) is 3.14. The van der Waals surface area contributed by atoms with Crippen LogP contribution in [-0.2, 0) is 4.79 Å². The van der Waals surface area contributed by atoms with Crippen molar-refractivity contribution in [3.8, 4) is 0 Å². The van der Waals surface area contributed by atoms with E-state index in [4.69, 9.17) is 5.73 Å². The molecule has 76 valence electrons. The molecule has 1 rings (SSSR count). The minimum atomic E-state index is -0.00782. The zero-order valence-electron chi connectivity index (χ0n) is 8.29. The minimum Gasteiger partial charge on any atom is -0.330 e. The number of carbonyl (C=O) groups is 1. The van der Waals surface area contributed by atoms with Gasteiger partial charge in [-0.15, -0.1) is 0 Å². The first-order valence-electron chi connectivity index (χ1n) is 4.65. The van der Waals surface area contributed by atoms with Gasteiger partial charge in [-0.25, -0.2) is 0 Å². The summed E-state index contributed by atoms with van der Waals surface area (Å²) in [6, 6.07) is 3.63. The second kappa shape index (κ2) is 5.34. The highest BCUT2D eigenvalue weighted by molar-refractivity contribution is 5.91. The molecule has 0 saturated heterocycles. The van der Waals surface area contributed by atoms with Crippen LogP contribution in [0.25, 0.3) is 0 Å². The van der Waals surface area contributed by atoms with E-state index in [-0.39, 0.29) is 5.91 Å². The summed E-state index contributed by atoms with van der Waals surface area (Å²) in [6.45, 7) is 2.40. The zero-order chi connectivity index (χ0) is 10.4. The predicted molar refractivity (Wildman–Crippen MR) is 55.9 cm³/mol. The summed E-state index contributed by atoms with van der Waals surface area (Å²) in [5.74, 6) is -0.00782. The standard InChI is InChI=1S/C10H15N3O/c1-8-9(4-3-7-12-8)13-10(14)5-2-6-11/h3-4,7H,2,5-6,11H2,1H3,(H,13,14).